The number of hydrogen-bond acceptors (Lipinski definition) is 7. The van der Waals surface area contributed by atoms with Gasteiger partial charge in [0.15, 0.2) is 0 Å². The lowest BCUT2D eigenvalue weighted by Crippen LogP contribution is -2.65. The summed E-state index contributed by atoms with van der Waals surface area (Å²) in [6.45, 7) is 5.84. The van der Waals surface area contributed by atoms with Crippen LogP contribution in [-0.4, -0.2) is 49.0 Å². The van der Waals surface area contributed by atoms with Gasteiger partial charge in [0.1, 0.15) is 11.1 Å². The second-order valence-corrected chi connectivity index (χ2v) is 10.7. The van der Waals surface area contributed by atoms with Gasteiger partial charge < -0.3 is 9.47 Å². The lowest BCUT2D eigenvalue weighted by molar-refractivity contribution is -0.147. The van der Waals surface area contributed by atoms with E-state index < -0.39 is 25.1 Å². The van der Waals surface area contributed by atoms with Crippen LogP contribution >= 0.6 is 7.82 Å². The normalized spacial score (nSPS) is 15.5. The molecule has 0 aromatic heterocycles. The molecule has 33 heavy (non-hydrogen) atoms. The number of carbonyl (C=O) groups excluding carboxylic acids is 1. The highest BCUT2D eigenvalue weighted by Crippen LogP contribution is 2.52. The molecule has 2 aromatic carbocycles. The summed E-state index contributed by atoms with van der Waals surface area (Å²) in [5.41, 5.74) is 0.184. The molecule has 0 radical (unpaired) electrons. The van der Waals surface area contributed by atoms with Crippen molar-refractivity contribution in [2.24, 2.45) is 0 Å². The molecule has 180 valence electrons. The van der Waals surface area contributed by atoms with Crippen LogP contribution in [0.15, 0.2) is 60.7 Å². The zero-order chi connectivity index (χ0) is 24.0. The second-order valence-electron chi connectivity index (χ2n) is 9.00. The smallest absolute Gasteiger partial charge is 0.444 e. The minimum Gasteiger partial charge on any atom is -0.444 e. The van der Waals surface area contributed by atoms with Gasteiger partial charge in [0.2, 0.25) is 0 Å². The third kappa shape index (κ3) is 7.39. The van der Waals surface area contributed by atoms with Crippen molar-refractivity contribution in [3.63, 3.8) is 0 Å². The Balaban J connectivity index is 1.69. The summed E-state index contributed by atoms with van der Waals surface area (Å²) < 4.78 is 41.4. The molecule has 1 fully saturated rings. The Bertz CT molecular complexity index is 895. The van der Waals surface area contributed by atoms with Crippen molar-refractivity contribution in [1.29, 1.82) is 0 Å². The summed E-state index contributed by atoms with van der Waals surface area (Å²) in [6.07, 6.45) is -0.514. The van der Waals surface area contributed by atoms with Gasteiger partial charge in [-0.15, -0.1) is 0 Å². The van der Waals surface area contributed by atoms with Gasteiger partial charge in [0, 0.05) is 7.05 Å². The highest BCUT2D eigenvalue weighted by Gasteiger charge is 2.48. The zero-order valence-electron chi connectivity index (χ0n) is 19.6. The molecule has 1 amide bonds. The molecule has 0 atom stereocenters. The number of carbonyl (C=O) groups is 1. The first-order valence-electron chi connectivity index (χ1n) is 10.8. The molecule has 2 aromatic rings. The molecular formula is C24H32NO7P. The van der Waals surface area contributed by atoms with Crippen LogP contribution in [0.5, 0.6) is 0 Å². The fraction of sp³-hybridized carbons (Fsp3) is 0.458. The first-order valence-corrected chi connectivity index (χ1v) is 12.2. The molecule has 1 aliphatic heterocycles. The topological polar surface area (TPSA) is 83.5 Å². The minimum atomic E-state index is -3.97. The minimum absolute atomic E-state index is 0.0539. The highest BCUT2D eigenvalue weighted by atomic mass is 31.2. The van der Waals surface area contributed by atoms with Crippen molar-refractivity contribution in [2.45, 2.75) is 45.1 Å². The van der Waals surface area contributed by atoms with Crippen LogP contribution in [0.2, 0.25) is 0 Å². The van der Waals surface area contributed by atoms with E-state index in [1.165, 1.54) is 4.90 Å². The number of phosphoric acid groups is 1. The van der Waals surface area contributed by atoms with E-state index in [0.717, 1.165) is 11.1 Å². The second kappa shape index (κ2) is 10.8. The number of amides is 1. The summed E-state index contributed by atoms with van der Waals surface area (Å²) in [4.78, 5) is 14.0. The molecule has 8 nitrogen and oxygen atoms in total. The van der Waals surface area contributed by atoms with Crippen LogP contribution in [0.1, 0.15) is 31.9 Å². The first kappa shape index (κ1) is 25.4. The van der Waals surface area contributed by atoms with Gasteiger partial charge in [0.05, 0.1) is 33.0 Å². The Hall–Kier alpha value is -2.22. The quantitative estimate of drug-likeness (QED) is 0.436. The number of hydrogen-bond donors (Lipinski definition) is 0. The lowest BCUT2D eigenvalue weighted by Gasteiger charge is -2.47. The standard InChI is InChI=1S/C24H32NO7P/c1-23(2,3)32-22(26)25(4)24(17-28-18-24)19-31-33(27,29-15-20-11-7-5-8-12-20)30-16-21-13-9-6-10-14-21/h5-14H,15-19H2,1-4H3. The van der Waals surface area contributed by atoms with Crippen molar-refractivity contribution < 1.29 is 32.4 Å². The van der Waals surface area contributed by atoms with Crippen LogP contribution < -0.4 is 0 Å². The van der Waals surface area contributed by atoms with Gasteiger partial charge >= 0.3 is 13.9 Å². The number of likely N-dealkylation sites (N-methyl/N-ethyl adjacent to an activating group) is 1. The molecular weight excluding hydrogens is 445 g/mol. The van der Waals surface area contributed by atoms with Gasteiger partial charge in [0.25, 0.3) is 0 Å². The predicted octanol–water partition coefficient (Wildman–Crippen LogP) is 5.18. The number of rotatable bonds is 10. The van der Waals surface area contributed by atoms with E-state index in [-0.39, 0.29) is 33.0 Å². The first-order chi connectivity index (χ1) is 15.6. The molecule has 1 saturated heterocycles. The van der Waals surface area contributed by atoms with E-state index >= 15 is 0 Å². The van der Waals surface area contributed by atoms with Gasteiger partial charge in [-0.2, -0.15) is 0 Å². The summed E-state index contributed by atoms with van der Waals surface area (Å²) in [6, 6.07) is 18.7. The molecule has 0 spiro atoms. The molecule has 1 aliphatic rings. The van der Waals surface area contributed by atoms with Crippen molar-refractivity contribution >= 4 is 13.9 Å². The highest BCUT2D eigenvalue weighted by molar-refractivity contribution is 7.48. The molecule has 1 heterocycles. The van der Waals surface area contributed by atoms with Crippen molar-refractivity contribution in [3.8, 4) is 0 Å². The Kier molecular flexibility index (Phi) is 8.32. The maximum atomic E-state index is 13.5. The molecule has 0 bridgehead atoms. The number of benzene rings is 2. The zero-order valence-corrected chi connectivity index (χ0v) is 20.5. The molecule has 3 rings (SSSR count). The van der Waals surface area contributed by atoms with E-state index in [9.17, 15) is 9.36 Å². The van der Waals surface area contributed by atoms with Crippen LogP contribution in [0.4, 0.5) is 4.79 Å². The predicted molar refractivity (Wildman–Crippen MR) is 124 cm³/mol. The Morgan fingerprint density at radius 3 is 1.82 bits per heavy atom. The van der Waals surface area contributed by atoms with Crippen LogP contribution in [-0.2, 0) is 40.8 Å². The van der Waals surface area contributed by atoms with Gasteiger partial charge in [-0.3, -0.25) is 18.5 Å². The van der Waals surface area contributed by atoms with E-state index in [1.54, 1.807) is 27.8 Å². The molecule has 0 N–H and O–H groups in total. The lowest BCUT2D eigenvalue weighted by atomic mass is 9.97. The number of nitrogens with zero attached hydrogens (tertiary/aromatic N) is 1. The Morgan fingerprint density at radius 1 is 0.939 bits per heavy atom. The van der Waals surface area contributed by atoms with Gasteiger partial charge in [-0.05, 0) is 31.9 Å². The monoisotopic (exact) mass is 477 g/mol. The van der Waals surface area contributed by atoms with Crippen LogP contribution in [0.25, 0.3) is 0 Å². The molecule has 9 heteroatoms. The summed E-state index contributed by atoms with van der Waals surface area (Å²) in [7, 11) is -2.36. The van der Waals surface area contributed by atoms with Crippen LogP contribution in [0.3, 0.4) is 0 Å². The molecule has 0 saturated carbocycles. The van der Waals surface area contributed by atoms with Gasteiger partial charge in [-0.1, -0.05) is 60.7 Å². The average molecular weight is 477 g/mol. The summed E-state index contributed by atoms with van der Waals surface area (Å²) in [5.74, 6) is 0. The SMILES string of the molecule is CN(C(=O)OC(C)(C)C)C1(COP(=O)(OCc2ccccc2)OCc2ccccc2)COC1. The Morgan fingerprint density at radius 2 is 1.42 bits per heavy atom. The van der Waals surface area contributed by atoms with E-state index in [2.05, 4.69) is 0 Å². The van der Waals surface area contributed by atoms with E-state index in [1.807, 2.05) is 60.7 Å². The number of phosphoric ester groups is 1. The third-order valence-electron chi connectivity index (χ3n) is 5.08. The largest absolute Gasteiger partial charge is 0.475 e. The number of ether oxygens (including phenoxy) is 2. The fourth-order valence-corrected chi connectivity index (χ4v) is 4.24. The Labute approximate surface area is 195 Å². The third-order valence-corrected chi connectivity index (χ3v) is 6.41. The summed E-state index contributed by atoms with van der Waals surface area (Å²) in [5, 5.41) is 0. The average Bonchev–Trinajstić information content (AvgIpc) is 2.76. The van der Waals surface area contributed by atoms with Crippen LogP contribution in [0, 0.1) is 0 Å². The van der Waals surface area contributed by atoms with Crippen molar-refractivity contribution in [1.82, 2.24) is 4.90 Å². The fourth-order valence-electron chi connectivity index (χ4n) is 3.00. The summed E-state index contributed by atoms with van der Waals surface area (Å²) >= 11 is 0. The van der Waals surface area contributed by atoms with E-state index in [4.69, 9.17) is 23.0 Å². The molecule has 0 unspecified atom stereocenters. The van der Waals surface area contributed by atoms with Gasteiger partial charge in [-0.25, -0.2) is 9.36 Å². The maximum absolute atomic E-state index is 13.5. The van der Waals surface area contributed by atoms with Crippen molar-refractivity contribution in [2.75, 3.05) is 26.9 Å². The van der Waals surface area contributed by atoms with Crippen molar-refractivity contribution in [3.05, 3.63) is 71.8 Å². The maximum Gasteiger partial charge on any atom is 0.475 e. The van der Waals surface area contributed by atoms with E-state index in [0.29, 0.717) is 0 Å². The molecule has 0 aliphatic carbocycles.